The van der Waals surface area contributed by atoms with Gasteiger partial charge in [0, 0.05) is 12.0 Å². The number of hydrogen-bond acceptors (Lipinski definition) is 4. The first-order chi connectivity index (χ1) is 8.15. The molecule has 0 atom stereocenters. The summed E-state index contributed by atoms with van der Waals surface area (Å²) in [6.07, 6.45) is 0.505. The van der Waals surface area contributed by atoms with E-state index in [1.807, 2.05) is 18.2 Å². The lowest BCUT2D eigenvalue weighted by Crippen LogP contribution is -2.16. The molecule has 0 radical (unpaired) electrons. The summed E-state index contributed by atoms with van der Waals surface area (Å²) in [5.41, 5.74) is 1.48. The maximum Gasteiger partial charge on any atom is 0.291 e. The summed E-state index contributed by atoms with van der Waals surface area (Å²) in [5, 5.41) is 0. The summed E-state index contributed by atoms with van der Waals surface area (Å²) < 4.78 is 15.8. The molecule has 4 nitrogen and oxygen atoms in total. The number of fused-ring (bicyclic) bond motifs is 1. The summed E-state index contributed by atoms with van der Waals surface area (Å²) in [5.74, 6) is 1.69. The molecule has 1 aromatic rings. The average molecular weight is 234 g/mol. The third kappa shape index (κ3) is 2.11. The minimum Gasteiger partial charge on any atom is -0.497 e. The van der Waals surface area contributed by atoms with Crippen molar-refractivity contribution in [3.63, 3.8) is 0 Å². The minimum absolute atomic E-state index is 0.0460. The van der Waals surface area contributed by atoms with Crippen LogP contribution in [0.15, 0.2) is 29.7 Å². The van der Waals surface area contributed by atoms with E-state index in [2.05, 4.69) is 0 Å². The van der Waals surface area contributed by atoms with E-state index >= 15 is 0 Å². The molecule has 0 spiro atoms. The molecule has 0 N–H and O–H groups in total. The Morgan fingerprint density at radius 2 is 2.06 bits per heavy atom. The Labute approximate surface area is 99.8 Å². The van der Waals surface area contributed by atoms with Crippen LogP contribution in [0, 0.1) is 0 Å². The predicted molar refractivity (Wildman–Crippen MR) is 62.0 cm³/mol. The standard InChI is InChI=1S/C13H14O4/c1-8(14)11-7-9-6-10(15-2)4-5-12(9)17-13(11)16-3/h4-6H,7H2,1-3H3. The Bertz CT molecular complexity index is 488. The largest absolute Gasteiger partial charge is 0.497 e. The molecule has 1 aliphatic rings. The van der Waals surface area contributed by atoms with Gasteiger partial charge in [-0.25, -0.2) is 0 Å². The molecule has 0 saturated heterocycles. The number of carbonyl (C=O) groups is 1. The molecular formula is C13H14O4. The lowest BCUT2D eigenvalue weighted by molar-refractivity contribution is -0.114. The fourth-order valence-electron chi connectivity index (χ4n) is 1.78. The molecule has 0 saturated carbocycles. The van der Waals surface area contributed by atoms with E-state index in [1.165, 1.54) is 14.0 Å². The Morgan fingerprint density at radius 3 is 2.65 bits per heavy atom. The van der Waals surface area contributed by atoms with E-state index in [1.54, 1.807) is 7.11 Å². The molecule has 1 heterocycles. The Hall–Kier alpha value is -1.97. The van der Waals surface area contributed by atoms with Gasteiger partial charge in [-0.2, -0.15) is 0 Å². The van der Waals surface area contributed by atoms with Crippen molar-refractivity contribution in [3.05, 3.63) is 35.3 Å². The van der Waals surface area contributed by atoms with Gasteiger partial charge in [-0.15, -0.1) is 0 Å². The zero-order valence-electron chi connectivity index (χ0n) is 10.1. The molecule has 1 aliphatic heterocycles. The molecule has 0 aliphatic carbocycles. The van der Waals surface area contributed by atoms with Crippen LogP contribution in [-0.2, 0) is 16.0 Å². The first-order valence-electron chi connectivity index (χ1n) is 5.28. The van der Waals surface area contributed by atoms with E-state index in [-0.39, 0.29) is 11.7 Å². The van der Waals surface area contributed by atoms with Crippen molar-refractivity contribution in [3.8, 4) is 11.5 Å². The SMILES string of the molecule is COC1=C(C(C)=O)Cc2cc(OC)ccc2O1. The zero-order valence-corrected chi connectivity index (χ0v) is 10.1. The lowest BCUT2D eigenvalue weighted by atomic mass is 10.00. The molecule has 0 amide bonds. The fourth-order valence-corrected chi connectivity index (χ4v) is 1.78. The van der Waals surface area contributed by atoms with E-state index in [9.17, 15) is 4.79 Å². The van der Waals surface area contributed by atoms with Crippen molar-refractivity contribution in [2.75, 3.05) is 14.2 Å². The first-order valence-corrected chi connectivity index (χ1v) is 5.28. The van der Waals surface area contributed by atoms with Crippen molar-refractivity contribution >= 4 is 5.78 Å². The molecule has 17 heavy (non-hydrogen) atoms. The van der Waals surface area contributed by atoms with Crippen molar-refractivity contribution in [2.24, 2.45) is 0 Å². The summed E-state index contributed by atoms with van der Waals surface area (Å²) in [6, 6.07) is 5.49. The van der Waals surface area contributed by atoms with Gasteiger partial charge in [0.1, 0.15) is 11.5 Å². The van der Waals surface area contributed by atoms with Crippen LogP contribution in [0.3, 0.4) is 0 Å². The van der Waals surface area contributed by atoms with Gasteiger partial charge in [0.05, 0.1) is 19.8 Å². The molecule has 0 bridgehead atoms. The summed E-state index contributed by atoms with van der Waals surface area (Å²) >= 11 is 0. The summed E-state index contributed by atoms with van der Waals surface area (Å²) in [7, 11) is 3.10. The molecule has 0 fully saturated rings. The Kier molecular flexibility index (Phi) is 3.04. The van der Waals surface area contributed by atoms with E-state index < -0.39 is 0 Å². The Balaban J connectivity index is 2.40. The van der Waals surface area contributed by atoms with E-state index in [0.29, 0.717) is 17.7 Å². The third-order valence-electron chi connectivity index (χ3n) is 2.69. The predicted octanol–water partition coefficient (Wildman–Crippen LogP) is 2.08. The van der Waals surface area contributed by atoms with Crippen molar-refractivity contribution in [1.29, 1.82) is 0 Å². The second kappa shape index (κ2) is 4.49. The first kappa shape index (κ1) is 11.5. The van der Waals surface area contributed by atoms with Crippen molar-refractivity contribution < 1.29 is 19.0 Å². The normalized spacial score (nSPS) is 13.8. The van der Waals surface area contributed by atoms with Gasteiger partial charge >= 0.3 is 0 Å². The van der Waals surface area contributed by atoms with Gasteiger partial charge in [-0.05, 0) is 25.1 Å². The molecular weight excluding hydrogens is 220 g/mol. The van der Waals surface area contributed by atoms with Gasteiger partial charge in [0.15, 0.2) is 5.78 Å². The zero-order chi connectivity index (χ0) is 12.4. The number of ether oxygens (including phenoxy) is 3. The highest BCUT2D eigenvalue weighted by atomic mass is 16.7. The van der Waals surface area contributed by atoms with Crippen LogP contribution in [0.1, 0.15) is 12.5 Å². The van der Waals surface area contributed by atoms with Crippen molar-refractivity contribution in [2.45, 2.75) is 13.3 Å². The van der Waals surface area contributed by atoms with Gasteiger partial charge in [0.2, 0.25) is 0 Å². The van der Waals surface area contributed by atoms with E-state index in [0.717, 1.165) is 11.3 Å². The number of ketones is 1. The van der Waals surface area contributed by atoms with Gasteiger partial charge in [0.25, 0.3) is 5.95 Å². The van der Waals surface area contributed by atoms with Crippen molar-refractivity contribution in [1.82, 2.24) is 0 Å². The molecule has 1 aromatic carbocycles. The van der Waals surface area contributed by atoms with Crippen LogP contribution in [0.4, 0.5) is 0 Å². The molecule has 2 rings (SSSR count). The minimum atomic E-state index is -0.0460. The number of methoxy groups -OCH3 is 2. The lowest BCUT2D eigenvalue weighted by Gasteiger charge is -2.21. The summed E-state index contributed by atoms with van der Waals surface area (Å²) in [4.78, 5) is 11.5. The van der Waals surface area contributed by atoms with E-state index in [4.69, 9.17) is 14.2 Å². The number of benzene rings is 1. The number of rotatable bonds is 3. The summed E-state index contributed by atoms with van der Waals surface area (Å²) in [6.45, 7) is 1.50. The number of allylic oxidation sites excluding steroid dienone is 1. The molecule has 90 valence electrons. The highest BCUT2D eigenvalue weighted by molar-refractivity contribution is 5.94. The topological polar surface area (TPSA) is 44.8 Å². The van der Waals surface area contributed by atoms with Crippen LogP contribution >= 0.6 is 0 Å². The average Bonchev–Trinajstić information content (AvgIpc) is 2.36. The molecule has 0 unspecified atom stereocenters. The molecule has 0 aromatic heterocycles. The molecule has 4 heteroatoms. The highest BCUT2D eigenvalue weighted by Crippen LogP contribution is 2.33. The van der Waals surface area contributed by atoms with Gasteiger partial charge in [-0.3, -0.25) is 4.79 Å². The smallest absolute Gasteiger partial charge is 0.291 e. The second-order valence-corrected chi connectivity index (χ2v) is 3.78. The monoisotopic (exact) mass is 234 g/mol. The number of carbonyl (C=O) groups excluding carboxylic acids is 1. The van der Waals surface area contributed by atoms with Crippen LogP contribution in [0.5, 0.6) is 11.5 Å². The maximum absolute atomic E-state index is 11.5. The number of hydrogen-bond donors (Lipinski definition) is 0. The van der Waals surface area contributed by atoms with Crippen LogP contribution in [-0.4, -0.2) is 20.0 Å². The highest BCUT2D eigenvalue weighted by Gasteiger charge is 2.23. The Morgan fingerprint density at radius 1 is 1.29 bits per heavy atom. The number of Topliss-reactive ketones (excluding diaryl/α,β-unsaturated/α-hetero) is 1. The second-order valence-electron chi connectivity index (χ2n) is 3.78. The fraction of sp³-hybridized carbons (Fsp3) is 0.308. The van der Waals surface area contributed by atoms with Crippen LogP contribution in [0.25, 0.3) is 0 Å². The van der Waals surface area contributed by atoms with Gasteiger partial charge in [-0.1, -0.05) is 0 Å². The maximum atomic E-state index is 11.5. The van der Waals surface area contributed by atoms with Crippen LogP contribution < -0.4 is 9.47 Å². The third-order valence-corrected chi connectivity index (χ3v) is 2.69. The van der Waals surface area contributed by atoms with Crippen LogP contribution in [0.2, 0.25) is 0 Å². The van der Waals surface area contributed by atoms with Gasteiger partial charge < -0.3 is 14.2 Å². The quantitative estimate of drug-likeness (QED) is 0.803.